The summed E-state index contributed by atoms with van der Waals surface area (Å²) >= 11 is 0. The van der Waals surface area contributed by atoms with Crippen molar-refractivity contribution in [1.82, 2.24) is 4.57 Å². The fraction of sp³-hybridized carbons (Fsp3) is 0.106. The van der Waals surface area contributed by atoms with Gasteiger partial charge in [0.1, 0.15) is 0 Å². The maximum absolute atomic E-state index is 2.58. The van der Waals surface area contributed by atoms with Crippen molar-refractivity contribution in [2.24, 2.45) is 5.92 Å². The van der Waals surface area contributed by atoms with Crippen LogP contribution in [0.4, 0.5) is 0 Å². The minimum atomic E-state index is 0.511. The Balaban J connectivity index is 1.37. The Hall–Kier alpha value is -5.66. The van der Waals surface area contributed by atoms with Crippen molar-refractivity contribution >= 4 is 86.4 Å². The van der Waals surface area contributed by atoms with Gasteiger partial charge >= 0.3 is 0 Å². The monoisotopic (exact) mass is 611 g/mol. The first-order valence-corrected chi connectivity index (χ1v) is 17.4. The van der Waals surface area contributed by atoms with Gasteiger partial charge in [-0.1, -0.05) is 134 Å². The van der Waals surface area contributed by atoms with E-state index in [1.54, 1.807) is 0 Å². The van der Waals surface area contributed by atoms with Crippen LogP contribution >= 0.6 is 0 Å². The number of aromatic nitrogens is 1. The lowest BCUT2D eigenvalue weighted by atomic mass is 9.77. The first-order chi connectivity index (χ1) is 23.8. The topological polar surface area (TPSA) is 4.93 Å². The van der Waals surface area contributed by atoms with Crippen LogP contribution in [-0.2, 0) is 0 Å². The van der Waals surface area contributed by atoms with E-state index in [4.69, 9.17) is 0 Å². The quantitative estimate of drug-likeness (QED) is 0.135. The zero-order valence-electron chi connectivity index (χ0n) is 26.9. The van der Waals surface area contributed by atoms with Crippen LogP contribution in [0.2, 0.25) is 0 Å². The Bertz CT molecular complexity index is 2960. The molecular weight excluding hydrogens is 579 g/mol. The molecule has 0 amide bonds. The lowest BCUT2D eigenvalue weighted by Gasteiger charge is -2.27. The highest BCUT2D eigenvalue weighted by Crippen LogP contribution is 2.49. The van der Waals surface area contributed by atoms with Crippen LogP contribution in [-0.4, -0.2) is 4.57 Å². The SMILES string of the molecule is CC1C=CCCC1c1cc2c3ccccc3c3c(c4ccccc4n3-c3ccc4ccc5cccc6ccc3c4c56)c2c2ccccc12. The average Bonchev–Trinajstić information content (AvgIpc) is 3.49. The molecule has 0 bridgehead atoms. The van der Waals surface area contributed by atoms with Crippen molar-refractivity contribution in [3.8, 4) is 5.69 Å². The first kappa shape index (κ1) is 26.4. The zero-order chi connectivity index (χ0) is 31.5. The highest BCUT2D eigenvalue weighted by atomic mass is 15.0. The molecule has 1 nitrogen and oxygen atoms in total. The number of benzene rings is 9. The molecule has 10 aromatic rings. The third kappa shape index (κ3) is 3.41. The molecule has 0 N–H and O–H groups in total. The summed E-state index contributed by atoms with van der Waals surface area (Å²) < 4.78 is 2.58. The summed E-state index contributed by atoms with van der Waals surface area (Å²) in [5, 5.41) is 18.7. The van der Waals surface area contributed by atoms with E-state index in [1.807, 2.05) is 0 Å². The van der Waals surface area contributed by atoms with Crippen molar-refractivity contribution in [1.29, 1.82) is 0 Å². The molecule has 1 heteroatoms. The molecule has 1 aromatic heterocycles. The van der Waals surface area contributed by atoms with E-state index in [9.17, 15) is 0 Å². The third-order valence-corrected chi connectivity index (χ3v) is 11.5. The van der Waals surface area contributed by atoms with E-state index < -0.39 is 0 Å². The van der Waals surface area contributed by atoms with E-state index in [1.165, 1.54) is 104 Å². The van der Waals surface area contributed by atoms with Gasteiger partial charge in [0.25, 0.3) is 0 Å². The maximum atomic E-state index is 2.58. The minimum absolute atomic E-state index is 0.511. The Labute approximate surface area is 278 Å². The van der Waals surface area contributed by atoms with E-state index in [0.717, 1.165) is 6.42 Å². The molecule has 0 radical (unpaired) electrons. The molecular formula is C47H33N. The van der Waals surface area contributed by atoms with Crippen LogP contribution in [0.5, 0.6) is 0 Å². The lowest BCUT2D eigenvalue weighted by Crippen LogP contribution is -2.11. The third-order valence-electron chi connectivity index (χ3n) is 11.5. The second-order valence-electron chi connectivity index (χ2n) is 14.0. The number of fused-ring (bicyclic) bond motifs is 10. The summed E-state index contributed by atoms with van der Waals surface area (Å²) in [7, 11) is 0. The van der Waals surface area contributed by atoms with Gasteiger partial charge in [-0.15, -0.1) is 0 Å². The zero-order valence-corrected chi connectivity index (χ0v) is 26.9. The van der Waals surface area contributed by atoms with Gasteiger partial charge in [-0.25, -0.2) is 0 Å². The van der Waals surface area contributed by atoms with Crippen LogP contribution in [0.25, 0.3) is 92.1 Å². The number of nitrogens with zero attached hydrogens (tertiary/aromatic N) is 1. The highest BCUT2D eigenvalue weighted by Gasteiger charge is 2.26. The summed E-state index contributed by atoms with van der Waals surface area (Å²) in [6.45, 7) is 2.39. The van der Waals surface area contributed by atoms with Crippen molar-refractivity contribution in [2.45, 2.75) is 25.7 Å². The molecule has 1 aliphatic carbocycles. The van der Waals surface area contributed by atoms with Crippen LogP contribution in [0.3, 0.4) is 0 Å². The molecule has 0 fully saturated rings. The van der Waals surface area contributed by atoms with E-state index in [0.29, 0.717) is 11.8 Å². The smallest absolute Gasteiger partial charge is 0.0626 e. The van der Waals surface area contributed by atoms with Gasteiger partial charge in [0.05, 0.1) is 16.7 Å². The van der Waals surface area contributed by atoms with Gasteiger partial charge in [0, 0.05) is 26.9 Å². The molecule has 1 aliphatic rings. The number of para-hydroxylation sites is 1. The van der Waals surface area contributed by atoms with E-state index in [-0.39, 0.29) is 0 Å². The maximum Gasteiger partial charge on any atom is 0.0626 e. The van der Waals surface area contributed by atoms with Gasteiger partial charge in [0.2, 0.25) is 0 Å². The van der Waals surface area contributed by atoms with E-state index >= 15 is 0 Å². The van der Waals surface area contributed by atoms with Gasteiger partial charge in [-0.05, 0) is 96.9 Å². The summed E-state index contributed by atoms with van der Waals surface area (Å²) in [6, 6.07) is 50.6. The van der Waals surface area contributed by atoms with Crippen molar-refractivity contribution < 1.29 is 0 Å². The lowest BCUT2D eigenvalue weighted by molar-refractivity contribution is 0.495. The molecule has 0 saturated carbocycles. The van der Waals surface area contributed by atoms with Crippen LogP contribution in [0.15, 0.2) is 146 Å². The minimum Gasteiger partial charge on any atom is -0.308 e. The normalized spacial score (nSPS) is 17.0. The molecule has 48 heavy (non-hydrogen) atoms. The molecule has 0 saturated heterocycles. The molecule has 11 rings (SSSR count). The van der Waals surface area contributed by atoms with Crippen LogP contribution < -0.4 is 0 Å². The standard InChI is InChI=1S/C47H33N/c1-28-11-2-3-14-32(28)39-27-40-34-16-5-7-18-36(34)47-46(45(40)35-17-6-4-15-33(35)39)37-19-8-9-20-41(37)48(47)42-26-24-31-22-21-29-12-10-13-30-23-25-38(42)44(31)43(29)30/h2,4-13,15-28,32H,3,14H2,1H3. The van der Waals surface area contributed by atoms with E-state index in [2.05, 4.69) is 157 Å². The van der Waals surface area contributed by atoms with Gasteiger partial charge in [-0.2, -0.15) is 0 Å². The van der Waals surface area contributed by atoms with Crippen molar-refractivity contribution in [3.05, 3.63) is 151 Å². The number of hydrogen-bond donors (Lipinski definition) is 0. The summed E-state index contributed by atoms with van der Waals surface area (Å²) in [5.41, 5.74) is 5.27. The first-order valence-electron chi connectivity index (χ1n) is 17.4. The number of rotatable bonds is 2. The predicted octanol–water partition coefficient (Wildman–Crippen LogP) is 13.2. The fourth-order valence-corrected chi connectivity index (χ4v) is 9.45. The fourth-order valence-electron chi connectivity index (χ4n) is 9.45. The Kier molecular flexibility index (Phi) is 5.33. The van der Waals surface area contributed by atoms with Crippen LogP contribution in [0, 0.1) is 5.92 Å². The molecule has 2 unspecified atom stereocenters. The Morgan fingerprint density at radius 2 is 1.17 bits per heavy atom. The molecule has 9 aromatic carbocycles. The van der Waals surface area contributed by atoms with Crippen molar-refractivity contribution in [2.75, 3.05) is 0 Å². The molecule has 226 valence electrons. The van der Waals surface area contributed by atoms with Crippen molar-refractivity contribution in [3.63, 3.8) is 0 Å². The predicted molar refractivity (Wildman–Crippen MR) is 207 cm³/mol. The Morgan fingerprint density at radius 3 is 1.98 bits per heavy atom. The molecule has 1 heterocycles. The molecule has 0 spiro atoms. The largest absolute Gasteiger partial charge is 0.308 e. The second-order valence-corrected chi connectivity index (χ2v) is 14.0. The van der Waals surface area contributed by atoms with Gasteiger partial charge in [0.15, 0.2) is 0 Å². The molecule has 2 atom stereocenters. The number of hydrogen-bond acceptors (Lipinski definition) is 0. The average molecular weight is 612 g/mol. The number of allylic oxidation sites excluding steroid dienone is 2. The summed E-state index contributed by atoms with van der Waals surface area (Å²) in [4.78, 5) is 0. The summed E-state index contributed by atoms with van der Waals surface area (Å²) in [6.07, 6.45) is 7.14. The summed E-state index contributed by atoms with van der Waals surface area (Å²) in [5.74, 6) is 1.03. The Morgan fingerprint density at radius 1 is 0.500 bits per heavy atom. The van der Waals surface area contributed by atoms with Gasteiger partial charge < -0.3 is 4.57 Å². The van der Waals surface area contributed by atoms with Crippen LogP contribution in [0.1, 0.15) is 31.2 Å². The van der Waals surface area contributed by atoms with Gasteiger partial charge in [-0.3, -0.25) is 0 Å². The molecule has 0 aliphatic heterocycles. The highest BCUT2D eigenvalue weighted by molar-refractivity contribution is 6.37. The second kappa shape index (κ2) is 9.69.